The molecule has 0 unspecified atom stereocenters. The molecule has 1 fully saturated rings. The van der Waals surface area contributed by atoms with Crippen molar-refractivity contribution in [2.24, 2.45) is 5.92 Å². The fraction of sp³-hybridized carbons (Fsp3) is 0.333. The van der Waals surface area contributed by atoms with Crippen molar-refractivity contribution >= 4 is 29.3 Å². The topological polar surface area (TPSA) is 117 Å². The Bertz CT molecular complexity index is 932. The molecule has 160 valence electrons. The van der Waals surface area contributed by atoms with E-state index in [0.717, 1.165) is 0 Å². The first-order chi connectivity index (χ1) is 14.3. The molecule has 0 heterocycles. The van der Waals surface area contributed by atoms with E-state index in [-0.39, 0.29) is 28.6 Å². The molecule has 8 nitrogen and oxygen atoms in total. The molecular formula is C21H23ClN2O6. The summed E-state index contributed by atoms with van der Waals surface area (Å²) in [5, 5.41) is 24.0. The molecule has 0 bridgehead atoms. The maximum absolute atomic E-state index is 12.5. The molecule has 1 atom stereocenters. The fourth-order valence-electron chi connectivity index (χ4n) is 2.64. The van der Waals surface area contributed by atoms with Crippen molar-refractivity contribution in [2.45, 2.75) is 25.8 Å². The van der Waals surface area contributed by atoms with Crippen molar-refractivity contribution in [3.63, 3.8) is 0 Å². The van der Waals surface area contributed by atoms with Crippen LogP contribution in [0.5, 0.6) is 17.2 Å². The number of benzene rings is 2. The number of aromatic hydroxyl groups is 1. The van der Waals surface area contributed by atoms with Crippen LogP contribution >= 0.6 is 11.6 Å². The normalized spacial score (nSPS) is 13.9. The molecule has 9 heteroatoms. The van der Waals surface area contributed by atoms with E-state index in [9.17, 15) is 14.7 Å². The average molecular weight is 435 g/mol. The number of carbonyl (C=O) groups is 2. The highest BCUT2D eigenvalue weighted by Gasteiger charge is 2.22. The van der Waals surface area contributed by atoms with Crippen LogP contribution in [0.15, 0.2) is 36.4 Å². The predicted octanol–water partition coefficient (Wildman–Crippen LogP) is 4.12. The first-order valence-corrected chi connectivity index (χ1v) is 9.88. The van der Waals surface area contributed by atoms with E-state index >= 15 is 0 Å². The van der Waals surface area contributed by atoms with E-state index in [1.54, 1.807) is 31.2 Å². The second-order valence-electron chi connectivity index (χ2n) is 7.19. The number of halogens is 1. The lowest BCUT2D eigenvalue weighted by molar-refractivity contribution is 0.102. The highest BCUT2D eigenvalue weighted by atomic mass is 35.5. The van der Waals surface area contributed by atoms with Crippen molar-refractivity contribution in [1.82, 2.24) is 5.32 Å². The van der Waals surface area contributed by atoms with Gasteiger partial charge in [-0.15, -0.1) is 0 Å². The first-order valence-electron chi connectivity index (χ1n) is 9.51. The number of phenolic OH excluding ortho intramolecular Hbond substituents is 1. The van der Waals surface area contributed by atoms with Gasteiger partial charge in [-0.1, -0.05) is 11.6 Å². The van der Waals surface area contributed by atoms with E-state index in [1.807, 2.05) is 0 Å². The second kappa shape index (κ2) is 9.58. The van der Waals surface area contributed by atoms with Crippen LogP contribution in [0.2, 0.25) is 5.02 Å². The summed E-state index contributed by atoms with van der Waals surface area (Å²) in [7, 11) is 0. The number of hydrogen-bond acceptors (Lipinski definition) is 5. The van der Waals surface area contributed by atoms with Crippen molar-refractivity contribution in [3.05, 3.63) is 47.0 Å². The average Bonchev–Trinajstić information content (AvgIpc) is 3.50. The number of ether oxygens (including phenoxy) is 2. The van der Waals surface area contributed by atoms with Gasteiger partial charge in [-0.05, 0) is 56.0 Å². The van der Waals surface area contributed by atoms with Crippen molar-refractivity contribution in [2.75, 3.05) is 18.5 Å². The molecule has 1 aliphatic rings. The first kappa shape index (κ1) is 21.6. The molecule has 2 amide bonds. The van der Waals surface area contributed by atoms with Crippen LogP contribution in [0.25, 0.3) is 0 Å². The number of anilines is 1. The lowest BCUT2D eigenvalue weighted by Crippen LogP contribution is -2.35. The lowest BCUT2D eigenvalue weighted by atomic mass is 10.2. The van der Waals surface area contributed by atoms with Gasteiger partial charge in [-0.3, -0.25) is 4.79 Å². The van der Waals surface area contributed by atoms with Crippen LogP contribution in [0.3, 0.4) is 0 Å². The summed E-state index contributed by atoms with van der Waals surface area (Å²) in [5.74, 6) is 0.884. The molecule has 0 aromatic heterocycles. The van der Waals surface area contributed by atoms with Gasteiger partial charge in [-0.2, -0.15) is 0 Å². The molecule has 0 saturated heterocycles. The summed E-state index contributed by atoms with van der Waals surface area (Å²) in [6.45, 7) is 2.38. The van der Waals surface area contributed by atoms with Gasteiger partial charge in [0.15, 0.2) is 0 Å². The van der Waals surface area contributed by atoms with Gasteiger partial charge in [-0.25, -0.2) is 4.79 Å². The van der Waals surface area contributed by atoms with Crippen LogP contribution in [0.1, 0.15) is 30.1 Å². The Morgan fingerprint density at radius 3 is 2.50 bits per heavy atom. The molecule has 3 rings (SSSR count). The quantitative estimate of drug-likeness (QED) is 0.441. The highest BCUT2D eigenvalue weighted by molar-refractivity contribution is 6.34. The number of carboxylic acid groups (broad SMARTS) is 1. The Kier molecular flexibility index (Phi) is 6.89. The number of hydrogen-bond donors (Lipinski definition) is 4. The third kappa shape index (κ3) is 6.18. The molecule has 2 aromatic rings. The minimum Gasteiger partial charge on any atom is -0.506 e. The minimum absolute atomic E-state index is 0.0855. The number of carbonyl (C=O) groups excluding carboxylic acids is 1. The monoisotopic (exact) mass is 434 g/mol. The van der Waals surface area contributed by atoms with E-state index < -0.39 is 18.0 Å². The zero-order chi connectivity index (χ0) is 21.7. The third-order valence-electron chi connectivity index (χ3n) is 4.46. The fourth-order valence-corrected chi connectivity index (χ4v) is 2.89. The Morgan fingerprint density at radius 2 is 1.87 bits per heavy atom. The van der Waals surface area contributed by atoms with E-state index in [1.165, 1.54) is 25.0 Å². The van der Waals surface area contributed by atoms with Crippen LogP contribution < -0.4 is 20.1 Å². The molecule has 30 heavy (non-hydrogen) atoms. The van der Waals surface area contributed by atoms with E-state index in [2.05, 4.69) is 10.6 Å². The van der Waals surface area contributed by atoms with Crippen molar-refractivity contribution in [1.29, 1.82) is 0 Å². The molecule has 0 spiro atoms. The largest absolute Gasteiger partial charge is 0.506 e. The predicted molar refractivity (Wildman–Crippen MR) is 112 cm³/mol. The molecule has 0 radical (unpaired) electrons. The van der Waals surface area contributed by atoms with Crippen molar-refractivity contribution in [3.8, 4) is 17.2 Å². The molecule has 0 aliphatic heterocycles. The number of nitrogens with one attached hydrogen (secondary N) is 2. The van der Waals surface area contributed by atoms with Gasteiger partial charge in [0.05, 0.1) is 28.9 Å². The number of amides is 2. The Labute approximate surface area is 178 Å². The van der Waals surface area contributed by atoms with Gasteiger partial charge in [0.2, 0.25) is 0 Å². The minimum atomic E-state index is -1.15. The summed E-state index contributed by atoms with van der Waals surface area (Å²) in [5.41, 5.74) is 0.443. The number of phenols is 1. The molecule has 4 N–H and O–H groups in total. The SMILES string of the molecule is C[C@@H](COc1ccc(NC(=O)c2ccc(OCC3CC3)cc2Cl)c(O)c1)NC(=O)O. The maximum Gasteiger partial charge on any atom is 0.404 e. The number of rotatable bonds is 9. The third-order valence-corrected chi connectivity index (χ3v) is 4.77. The summed E-state index contributed by atoms with van der Waals surface area (Å²) in [6.07, 6.45) is 1.22. The molecule has 2 aromatic carbocycles. The van der Waals surface area contributed by atoms with Crippen molar-refractivity contribution < 1.29 is 29.3 Å². The van der Waals surface area contributed by atoms with Crippen LogP contribution in [-0.4, -0.2) is 41.5 Å². The smallest absolute Gasteiger partial charge is 0.404 e. The highest BCUT2D eigenvalue weighted by Crippen LogP contribution is 2.32. The Morgan fingerprint density at radius 1 is 1.17 bits per heavy atom. The summed E-state index contributed by atoms with van der Waals surface area (Å²) in [4.78, 5) is 23.1. The van der Waals surface area contributed by atoms with Crippen LogP contribution in [-0.2, 0) is 0 Å². The summed E-state index contributed by atoms with van der Waals surface area (Å²) >= 11 is 6.22. The van der Waals surface area contributed by atoms with E-state index in [0.29, 0.717) is 24.0 Å². The van der Waals surface area contributed by atoms with Gasteiger partial charge >= 0.3 is 6.09 Å². The lowest BCUT2D eigenvalue weighted by Gasteiger charge is -2.14. The van der Waals surface area contributed by atoms with Gasteiger partial charge in [0.25, 0.3) is 5.91 Å². The van der Waals surface area contributed by atoms with Gasteiger partial charge < -0.3 is 30.3 Å². The molecule has 1 aliphatic carbocycles. The Hall–Kier alpha value is -3.13. The van der Waals surface area contributed by atoms with Gasteiger partial charge in [0.1, 0.15) is 23.9 Å². The summed E-state index contributed by atoms with van der Waals surface area (Å²) in [6, 6.07) is 8.80. The Balaban J connectivity index is 1.58. The maximum atomic E-state index is 12.5. The van der Waals surface area contributed by atoms with Crippen LogP contribution in [0.4, 0.5) is 10.5 Å². The standard InChI is InChI=1S/C21H23ClN2O6/c1-12(23-21(27)28)10-29-15-5-7-18(19(25)9-15)24-20(26)16-6-4-14(8-17(16)22)30-11-13-2-3-13/h4-9,12-13,23,25H,2-3,10-11H2,1H3,(H,24,26)(H,27,28)/t12-/m0/s1. The van der Waals surface area contributed by atoms with E-state index in [4.69, 9.17) is 26.2 Å². The zero-order valence-electron chi connectivity index (χ0n) is 16.4. The summed E-state index contributed by atoms with van der Waals surface area (Å²) < 4.78 is 11.1. The molecular weight excluding hydrogens is 412 g/mol. The van der Waals surface area contributed by atoms with Crippen LogP contribution in [0, 0.1) is 5.92 Å². The second-order valence-corrected chi connectivity index (χ2v) is 7.60. The van der Waals surface area contributed by atoms with Gasteiger partial charge in [0, 0.05) is 6.07 Å². The molecule has 1 saturated carbocycles. The zero-order valence-corrected chi connectivity index (χ0v) is 17.1.